The van der Waals surface area contributed by atoms with E-state index in [9.17, 15) is 4.39 Å². The van der Waals surface area contributed by atoms with Gasteiger partial charge in [-0.2, -0.15) is 11.8 Å². The summed E-state index contributed by atoms with van der Waals surface area (Å²) in [6, 6.07) is 5.18. The Morgan fingerprint density at radius 2 is 2.06 bits per heavy atom. The van der Waals surface area contributed by atoms with Crippen LogP contribution in [0.4, 0.5) is 4.39 Å². The lowest BCUT2D eigenvalue weighted by Gasteiger charge is -2.20. The molecule has 0 aliphatic carbocycles. The Kier molecular flexibility index (Phi) is 5.48. The molecule has 1 aromatic carbocycles. The standard InChI is InChI=1S/C13H19BrFNS/c1-13(2,3)17-8-10(16)6-9-4-5-12(15)11(14)7-9/h4-5,7,10H,6,8,16H2,1-3H3. The van der Waals surface area contributed by atoms with E-state index in [2.05, 4.69) is 36.7 Å². The normalized spacial score (nSPS) is 13.8. The van der Waals surface area contributed by atoms with Crippen molar-refractivity contribution in [1.82, 2.24) is 0 Å². The lowest BCUT2D eigenvalue weighted by atomic mass is 10.1. The fraction of sp³-hybridized carbons (Fsp3) is 0.538. The molecule has 0 fully saturated rings. The van der Waals surface area contributed by atoms with E-state index < -0.39 is 0 Å². The molecule has 2 N–H and O–H groups in total. The molecule has 0 aliphatic rings. The van der Waals surface area contributed by atoms with Crippen molar-refractivity contribution in [2.75, 3.05) is 5.75 Å². The molecule has 96 valence electrons. The van der Waals surface area contributed by atoms with Gasteiger partial charge >= 0.3 is 0 Å². The number of hydrogen-bond acceptors (Lipinski definition) is 2. The molecule has 1 rings (SSSR count). The summed E-state index contributed by atoms with van der Waals surface area (Å²) in [6.07, 6.45) is 0.780. The topological polar surface area (TPSA) is 26.0 Å². The second-order valence-corrected chi connectivity index (χ2v) is 7.84. The highest BCUT2D eigenvalue weighted by atomic mass is 79.9. The van der Waals surface area contributed by atoms with Gasteiger partial charge < -0.3 is 5.73 Å². The Morgan fingerprint density at radius 1 is 1.41 bits per heavy atom. The molecule has 0 radical (unpaired) electrons. The third-order valence-electron chi connectivity index (χ3n) is 2.21. The summed E-state index contributed by atoms with van der Waals surface area (Å²) in [5.74, 6) is 0.685. The Bertz CT molecular complexity index is 376. The van der Waals surface area contributed by atoms with Crippen LogP contribution < -0.4 is 5.73 Å². The minimum atomic E-state index is -0.230. The predicted octanol–water partition coefficient (Wildman–Crippen LogP) is 3.99. The van der Waals surface area contributed by atoms with Crippen molar-refractivity contribution in [2.45, 2.75) is 38.0 Å². The molecule has 0 heterocycles. The third-order valence-corrected chi connectivity index (χ3v) is 4.28. The molecule has 0 spiro atoms. The van der Waals surface area contributed by atoms with Crippen molar-refractivity contribution in [2.24, 2.45) is 5.73 Å². The minimum absolute atomic E-state index is 0.108. The summed E-state index contributed by atoms with van der Waals surface area (Å²) < 4.78 is 13.8. The molecule has 1 atom stereocenters. The molecular formula is C13H19BrFNS. The van der Waals surface area contributed by atoms with E-state index in [1.807, 2.05) is 11.8 Å². The summed E-state index contributed by atoms with van der Waals surface area (Å²) in [5, 5.41) is 0. The molecule has 0 saturated carbocycles. The molecule has 0 saturated heterocycles. The lowest BCUT2D eigenvalue weighted by molar-refractivity contribution is 0.619. The monoisotopic (exact) mass is 319 g/mol. The van der Waals surface area contributed by atoms with Gasteiger partial charge in [0.15, 0.2) is 0 Å². The maximum absolute atomic E-state index is 13.1. The third kappa shape index (κ3) is 5.89. The van der Waals surface area contributed by atoms with Crippen LogP contribution >= 0.6 is 27.7 Å². The van der Waals surface area contributed by atoms with E-state index in [1.165, 1.54) is 6.07 Å². The molecule has 0 aromatic heterocycles. The summed E-state index contributed by atoms with van der Waals surface area (Å²) in [5.41, 5.74) is 7.14. The van der Waals surface area contributed by atoms with Crippen LogP contribution in [0.5, 0.6) is 0 Å². The Balaban J connectivity index is 2.50. The van der Waals surface area contributed by atoms with Gasteiger partial charge in [0.2, 0.25) is 0 Å². The fourth-order valence-corrected chi connectivity index (χ4v) is 2.64. The maximum atomic E-state index is 13.1. The van der Waals surface area contributed by atoms with Gasteiger partial charge in [0.05, 0.1) is 4.47 Å². The van der Waals surface area contributed by atoms with Gasteiger partial charge in [-0.05, 0) is 40.0 Å². The summed E-state index contributed by atoms with van der Waals surface area (Å²) in [6.45, 7) is 6.54. The predicted molar refractivity (Wildman–Crippen MR) is 78.0 cm³/mol. The van der Waals surface area contributed by atoms with Crippen LogP contribution in [-0.2, 0) is 6.42 Å². The maximum Gasteiger partial charge on any atom is 0.137 e. The highest BCUT2D eigenvalue weighted by Crippen LogP contribution is 2.24. The number of nitrogens with two attached hydrogens (primary N) is 1. The SMILES string of the molecule is CC(C)(C)SCC(N)Cc1ccc(F)c(Br)c1. The van der Waals surface area contributed by atoms with E-state index in [0.717, 1.165) is 17.7 Å². The van der Waals surface area contributed by atoms with Gasteiger partial charge in [-0.1, -0.05) is 26.8 Å². The van der Waals surface area contributed by atoms with Crippen LogP contribution in [-0.4, -0.2) is 16.5 Å². The van der Waals surface area contributed by atoms with Crippen molar-refractivity contribution < 1.29 is 4.39 Å². The van der Waals surface area contributed by atoms with Crippen LogP contribution in [0.3, 0.4) is 0 Å². The highest BCUT2D eigenvalue weighted by Gasteiger charge is 2.13. The molecule has 0 aliphatic heterocycles. The fourth-order valence-electron chi connectivity index (χ4n) is 1.39. The quantitative estimate of drug-likeness (QED) is 0.908. The van der Waals surface area contributed by atoms with E-state index in [4.69, 9.17) is 5.73 Å². The van der Waals surface area contributed by atoms with Gasteiger partial charge in [0.1, 0.15) is 5.82 Å². The zero-order valence-electron chi connectivity index (χ0n) is 10.5. The van der Waals surface area contributed by atoms with Gasteiger partial charge in [0.25, 0.3) is 0 Å². The van der Waals surface area contributed by atoms with Crippen molar-refractivity contribution in [3.05, 3.63) is 34.1 Å². The molecule has 1 unspecified atom stereocenters. The van der Waals surface area contributed by atoms with Crippen LogP contribution in [0.15, 0.2) is 22.7 Å². The summed E-state index contributed by atoms with van der Waals surface area (Å²) in [4.78, 5) is 0. The van der Waals surface area contributed by atoms with E-state index in [-0.39, 0.29) is 16.6 Å². The van der Waals surface area contributed by atoms with Gasteiger partial charge in [-0.25, -0.2) is 4.39 Å². The lowest BCUT2D eigenvalue weighted by Crippen LogP contribution is -2.27. The second kappa shape index (κ2) is 6.21. The van der Waals surface area contributed by atoms with Crippen LogP contribution in [0.1, 0.15) is 26.3 Å². The van der Waals surface area contributed by atoms with Crippen molar-refractivity contribution in [3.63, 3.8) is 0 Å². The number of rotatable bonds is 4. The first-order valence-electron chi connectivity index (χ1n) is 5.61. The molecular weight excluding hydrogens is 301 g/mol. The summed E-state index contributed by atoms with van der Waals surface area (Å²) >= 11 is 5.04. The highest BCUT2D eigenvalue weighted by molar-refractivity contribution is 9.10. The van der Waals surface area contributed by atoms with E-state index >= 15 is 0 Å². The first-order valence-corrected chi connectivity index (χ1v) is 7.39. The average Bonchev–Trinajstić information content (AvgIpc) is 2.20. The first kappa shape index (κ1) is 15.0. The Hall–Kier alpha value is -0.0600. The minimum Gasteiger partial charge on any atom is -0.327 e. The van der Waals surface area contributed by atoms with Crippen LogP contribution in [0, 0.1) is 5.82 Å². The van der Waals surface area contributed by atoms with Crippen LogP contribution in [0.2, 0.25) is 0 Å². The molecule has 0 amide bonds. The smallest absolute Gasteiger partial charge is 0.137 e. The van der Waals surface area contributed by atoms with E-state index in [0.29, 0.717) is 4.47 Å². The van der Waals surface area contributed by atoms with Gasteiger partial charge in [-0.15, -0.1) is 0 Å². The zero-order valence-corrected chi connectivity index (χ0v) is 12.9. The van der Waals surface area contributed by atoms with Crippen LogP contribution in [0.25, 0.3) is 0 Å². The Labute approximate surface area is 115 Å². The van der Waals surface area contributed by atoms with Gasteiger partial charge in [-0.3, -0.25) is 0 Å². The Morgan fingerprint density at radius 3 is 2.59 bits per heavy atom. The second-order valence-electron chi connectivity index (χ2n) is 5.14. The number of thioether (sulfide) groups is 1. The van der Waals surface area contributed by atoms with Crippen molar-refractivity contribution in [1.29, 1.82) is 0 Å². The largest absolute Gasteiger partial charge is 0.327 e. The molecule has 1 aromatic rings. The van der Waals surface area contributed by atoms with Crippen molar-refractivity contribution >= 4 is 27.7 Å². The zero-order chi connectivity index (χ0) is 13.1. The molecule has 17 heavy (non-hydrogen) atoms. The average molecular weight is 320 g/mol. The molecule has 4 heteroatoms. The molecule has 0 bridgehead atoms. The van der Waals surface area contributed by atoms with E-state index in [1.54, 1.807) is 12.1 Å². The number of benzene rings is 1. The van der Waals surface area contributed by atoms with Crippen molar-refractivity contribution in [3.8, 4) is 0 Å². The summed E-state index contributed by atoms with van der Waals surface area (Å²) in [7, 11) is 0. The number of halogens is 2. The van der Waals surface area contributed by atoms with Gasteiger partial charge in [0, 0.05) is 16.5 Å². The molecule has 1 nitrogen and oxygen atoms in total. The number of hydrogen-bond donors (Lipinski definition) is 1. The first-order chi connectivity index (χ1) is 7.78.